The van der Waals surface area contributed by atoms with Crippen LogP contribution in [0.5, 0.6) is 0 Å². The van der Waals surface area contributed by atoms with Gasteiger partial charge in [-0.15, -0.1) is 5.10 Å². The average Bonchev–Trinajstić information content (AvgIpc) is 3.09. The van der Waals surface area contributed by atoms with Crippen LogP contribution in [0.1, 0.15) is 29.9 Å². The Kier molecular flexibility index (Phi) is 4.16. The van der Waals surface area contributed by atoms with E-state index in [0.29, 0.717) is 5.78 Å². The second kappa shape index (κ2) is 6.81. The molecule has 0 bridgehead atoms. The second-order valence-corrected chi connectivity index (χ2v) is 7.23. The molecular formula is C20H24N6O. The number of ether oxygens (including phenoxy) is 1. The van der Waals surface area contributed by atoms with Crippen LogP contribution in [0.4, 0.5) is 17.2 Å². The van der Waals surface area contributed by atoms with E-state index in [2.05, 4.69) is 44.6 Å². The third kappa shape index (κ3) is 3.12. The lowest BCUT2D eigenvalue weighted by Gasteiger charge is -2.29. The third-order valence-corrected chi connectivity index (χ3v) is 5.37. The van der Waals surface area contributed by atoms with Gasteiger partial charge in [-0.2, -0.15) is 9.50 Å². The lowest BCUT2D eigenvalue weighted by atomic mass is 9.96. The van der Waals surface area contributed by atoms with Gasteiger partial charge in [0.1, 0.15) is 11.6 Å². The standard InChI is InChI=1S/C20H24N6O/c1-14-21-20-23-18-5-3-2-4-17(18)19(26(20)24-14)22-15-6-8-16(9-7-15)25-10-12-27-13-11-25/h6-9,22H,2-5,10-13H2,1H3. The van der Waals surface area contributed by atoms with Gasteiger partial charge in [0.2, 0.25) is 0 Å². The number of morpholine rings is 1. The van der Waals surface area contributed by atoms with Crippen LogP contribution in [0.25, 0.3) is 5.78 Å². The molecule has 0 unspecified atom stereocenters. The fourth-order valence-corrected chi connectivity index (χ4v) is 3.98. The molecule has 140 valence electrons. The molecule has 7 nitrogen and oxygen atoms in total. The Bertz CT molecular complexity index is 959. The summed E-state index contributed by atoms with van der Waals surface area (Å²) in [5.41, 5.74) is 4.73. The molecule has 0 spiro atoms. The topological polar surface area (TPSA) is 67.6 Å². The second-order valence-electron chi connectivity index (χ2n) is 7.23. The molecule has 1 aliphatic heterocycles. The Hall–Kier alpha value is -2.67. The Labute approximate surface area is 158 Å². The van der Waals surface area contributed by atoms with Crippen molar-refractivity contribution in [2.75, 3.05) is 36.5 Å². The molecule has 1 aliphatic carbocycles. The van der Waals surface area contributed by atoms with Crippen molar-refractivity contribution in [3.05, 3.63) is 41.3 Å². The zero-order valence-corrected chi connectivity index (χ0v) is 15.6. The molecule has 3 heterocycles. The fourth-order valence-electron chi connectivity index (χ4n) is 3.98. The molecule has 3 aromatic rings. The number of aromatic nitrogens is 4. The first-order valence-corrected chi connectivity index (χ1v) is 9.73. The number of benzene rings is 1. The molecule has 0 radical (unpaired) electrons. The van der Waals surface area contributed by atoms with E-state index < -0.39 is 0 Å². The van der Waals surface area contributed by atoms with Crippen LogP contribution >= 0.6 is 0 Å². The summed E-state index contributed by atoms with van der Waals surface area (Å²) in [7, 11) is 0. The van der Waals surface area contributed by atoms with E-state index >= 15 is 0 Å². The van der Waals surface area contributed by atoms with E-state index in [4.69, 9.17) is 9.72 Å². The summed E-state index contributed by atoms with van der Waals surface area (Å²) in [4.78, 5) is 11.6. The SMILES string of the molecule is Cc1nc2nc3c(c(Nc4ccc(N5CCOCC5)cc4)n2n1)CCCC3. The van der Waals surface area contributed by atoms with E-state index in [1.807, 2.05) is 11.4 Å². The molecule has 2 aromatic heterocycles. The van der Waals surface area contributed by atoms with E-state index in [1.165, 1.54) is 24.1 Å². The molecular weight excluding hydrogens is 340 g/mol. The number of rotatable bonds is 3. The lowest BCUT2D eigenvalue weighted by molar-refractivity contribution is 0.122. The maximum atomic E-state index is 5.44. The zero-order chi connectivity index (χ0) is 18.2. The van der Waals surface area contributed by atoms with Crippen molar-refractivity contribution >= 4 is 23.0 Å². The van der Waals surface area contributed by atoms with Crippen LogP contribution < -0.4 is 10.2 Å². The monoisotopic (exact) mass is 364 g/mol. The van der Waals surface area contributed by atoms with Crippen LogP contribution in [-0.2, 0) is 17.6 Å². The maximum Gasteiger partial charge on any atom is 0.254 e. The quantitative estimate of drug-likeness (QED) is 0.771. The summed E-state index contributed by atoms with van der Waals surface area (Å²) >= 11 is 0. The number of nitrogens with one attached hydrogen (secondary N) is 1. The minimum Gasteiger partial charge on any atom is -0.378 e. The summed E-state index contributed by atoms with van der Waals surface area (Å²) < 4.78 is 7.30. The molecule has 7 heteroatoms. The molecule has 2 aliphatic rings. The Morgan fingerprint density at radius 2 is 1.78 bits per heavy atom. The fraction of sp³-hybridized carbons (Fsp3) is 0.450. The summed E-state index contributed by atoms with van der Waals surface area (Å²) in [6.45, 7) is 5.40. The molecule has 1 saturated heterocycles. The zero-order valence-electron chi connectivity index (χ0n) is 15.6. The van der Waals surface area contributed by atoms with Crippen LogP contribution in [0.15, 0.2) is 24.3 Å². The van der Waals surface area contributed by atoms with E-state index in [0.717, 1.165) is 62.2 Å². The molecule has 27 heavy (non-hydrogen) atoms. The van der Waals surface area contributed by atoms with Crippen molar-refractivity contribution in [1.82, 2.24) is 19.6 Å². The molecule has 0 atom stereocenters. The van der Waals surface area contributed by atoms with Crippen molar-refractivity contribution in [3.63, 3.8) is 0 Å². The first-order valence-electron chi connectivity index (χ1n) is 9.73. The van der Waals surface area contributed by atoms with Crippen molar-refractivity contribution in [2.24, 2.45) is 0 Å². The molecule has 1 N–H and O–H groups in total. The van der Waals surface area contributed by atoms with Gasteiger partial charge in [-0.1, -0.05) is 0 Å². The van der Waals surface area contributed by atoms with Crippen molar-refractivity contribution in [2.45, 2.75) is 32.6 Å². The van der Waals surface area contributed by atoms with E-state index in [9.17, 15) is 0 Å². The first kappa shape index (κ1) is 16.5. The largest absolute Gasteiger partial charge is 0.378 e. The normalized spacial score (nSPS) is 17.1. The highest BCUT2D eigenvalue weighted by Gasteiger charge is 2.20. The van der Waals surface area contributed by atoms with Gasteiger partial charge in [0.15, 0.2) is 0 Å². The highest BCUT2D eigenvalue weighted by molar-refractivity contribution is 5.65. The molecule has 5 rings (SSSR count). The van der Waals surface area contributed by atoms with Crippen molar-refractivity contribution < 1.29 is 4.74 Å². The Balaban J connectivity index is 1.48. The smallest absolute Gasteiger partial charge is 0.254 e. The van der Waals surface area contributed by atoms with Gasteiger partial charge >= 0.3 is 0 Å². The van der Waals surface area contributed by atoms with Gasteiger partial charge in [-0.05, 0) is 56.9 Å². The summed E-state index contributed by atoms with van der Waals surface area (Å²) in [6.07, 6.45) is 4.43. The number of nitrogens with zero attached hydrogens (tertiary/aromatic N) is 5. The predicted octanol–water partition coefficient (Wildman–Crippen LogP) is 2.89. The van der Waals surface area contributed by atoms with E-state index in [-0.39, 0.29) is 0 Å². The summed E-state index contributed by atoms with van der Waals surface area (Å²) in [6, 6.07) is 8.61. The minimum absolute atomic E-state index is 0.681. The van der Waals surface area contributed by atoms with Gasteiger partial charge in [0.05, 0.1) is 18.9 Å². The van der Waals surface area contributed by atoms with Crippen molar-refractivity contribution in [1.29, 1.82) is 0 Å². The lowest BCUT2D eigenvalue weighted by Crippen LogP contribution is -2.36. The van der Waals surface area contributed by atoms with Crippen LogP contribution in [0, 0.1) is 6.92 Å². The van der Waals surface area contributed by atoms with Gasteiger partial charge in [0.25, 0.3) is 5.78 Å². The van der Waals surface area contributed by atoms with Gasteiger partial charge in [0, 0.05) is 30.0 Å². The molecule has 1 aromatic carbocycles. The molecule has 1 fully saturated rings. The van der Waals surface area contributed by atoms with Crippen LogP contribution in [-0.4, -0.2) is 45.9 Å². The summed E-state index contributed by atoms with van der Waals surface area (Å²) in [5, 5.41) is 8.16. The van der Waals surface area contributed by atoms with Crippen LogP contribution in [0.3, 0.4) is 0 Å². The molecule has 0 saturated carbocycles. The minimum atomic E-state index is 0.681. The first-order chi connectivity index (χ1) is 13.3. The van der Waals surface area contributed by atoms with Gasteiger partial charge in [-0.25, -0.2) is 4.98 Å². The number of hydrogen-bond acceptors (Lipinski definition) is 6. The molecule has 0 amide bonds. The highest BCUT2D eigenvalue weighted by atomic mass is 16.5. The number of hydrogen-bond donors (Lipinski definition) is 1. The Morgan fingerprint density at radius 1 is 1.00 bits per heavy atom. The predicted molar refractivity (Wildman–Crippen MR) is 105 cm³/mol. The third-order valence-electron chi connectivity index (χ3n) is 5.37. The average molecular weight is 364 g/mol. The van der Waals surface area contributed by atoms with Gasteiger partial charge < -0.3 is 15.0 Å². The van der Waals surface area contributed by atoms with Crippen LogP contribution in [0.2, 0.25) is 0 Å². The summed E-state index contributed by atoms with van der Waals surface area (Å²) in [5.74, 6) is 2.44. The van der Waals surface area contributed by atoms with Crippen molar-refractivity contribution in [3.8, 4) is 0 Å². The van der Waals surface area contributed by atoms with Gasteiger partial charge in [-0.3, -0.25) is 0 Å². The number of anilines is 3. The number of fused-ring (bicyclic) bond motifs is 2. The highest BCUT2D eigenvalue weighted by Crippen LogP contribution is 2.30. The number of aryl methyl sites for hydroxylation is 2. The van der Waals surface area contributed by atoms with E-state index in [1.54, 1.807) is 0 Å². The Morgan fingerprint density at radius 3 is 2.59 bits per heavy atom. The maximum absolute atomic E-state index is 5.44.